The van der Waals surface area contributed by atoms with Gasteiger partial charge < -0.3 is 10.1 Å². The van der Waals surface area contributed by atoms with Crippen LogP contribution in [0.1, 0.15) is 44.0 Å². The first-order chi connectivity index (χ1) is 11.2. The molecule has 0 heterocycles. The maximum absolute atomic E-state index is 12.7. The molecule has 0 saturated heterocycles. The van der Waals surface area contributed by atoms with E-state index in [0.717, 1.165) is 12.1 Å². The summed E-state index contributed by atoms with van der Waals surface area (Å²) in [6.45, 7) is 5.53. The zero-order valence-corrected chi connectivity index (χ0v) is 13.9. The number of hydrogen-bond donors (Lipinski definition) is 3. The first-order valence-corrected chi connectivity index (χ1v) is 7.49. The maximum atomic E-state index is 12.7. The van der Waals surface area contributed by atoms with Crippen molar-refractivity contribution in [1.82, 2.24) is 16.2 Å². The minimum atomic E-state index is -0.577. The summed E-state index contributed by atoms with van der Waals surface area (Å²) in [5.41, 5.74) is 4.12. The number of halogens is 1. The average molecular weight is 339 g/mol. The van der Waals surface area contributed by atoms with E-state index in [-0.39, 0.29) is 18.5 Å². The highest BCUT2D eigenvalue weighted by atomic mass is 19.1. The fourth-order valence-corrected chi connectivity index (χ4v) is 1.62. The molecule has 0 fully saturated rings. The van der Waals surface area contributed by atoms with E-state index in [0.29, 0.717) is 6.42 Å². The summed E-state index contributed by atoms with van der Waals surface area (Å²) < 4.78 is 17.8. The number of nitrogens with one attached hydrogen (secondary N) is 3. The molecule has 0 bridgehead atoms. The highest BCUT2D eigenvalue weighted by molar-refractivity contribution is 5.95. The Labute approximate surface area is 139 Å². The lowest BCUT2D eigenvalue weighted by molar-refractivity contribution is -0.121. The summed E-state index contributed by atoms with van der Waals surface area (Å²) in [7, 11) is 0. The molecule has 0 atom stereocenters. The predicted octanol–water partition coefficient (Wildman–Crippen LogP) is 1.89. The summed E-state index contributed by atoms with van der Waals surface area (Å²) >= 11 is 0. The van der Waals surface area contributed by atoms with Crippen LogP contribution in [0.2, 0.25) is 0 Å². The molecule has 1 rings (SSSR count). The SMILES string of the molecule is CC(C)(C)OC(=O)NCCCC(=O)NNC(=O)c1ccc(F)cc1. The van der Waals surface area contributed by atoms with E-state index in [4.69, 9.17) is 4.74 Å². The minimum Gasteiger partial charge on any atom is -0.444 e. The highest BCUT2D eigenvalue weighted by Crippen LogP contribution is 2.06. The van der Waals surface area contributed by atoms with Gasteiger partial charge >= 0.3 is 6.09 Å². The summed E-state index contributed by atoms with van der Waals surface area (Å²) in [5, 5.41) is 2.53. The summed E-state index contributed by atoms with van der Waals surface area (Å²) in [6.07, 6.45) is -0.0516. The van der Waals surface area contributed by atoms with Crippen LogP contribution >= 0.6 is 0 Å². The van der Waals surface area contributed by atoms with Crippen LogP contribution in [0, 0.1) is 5.82 Å². The molecule has 0 radical (unpaired) electrons. The molecule has 3 amide bonds. The molecule has 24 heavy (non-hydrogen) atoms. The number of benzene rings is 1. The molecule has 0 aliphatic heterocycles. The van der Waals surface area contributed by atoms with E-state index >= 15 is 0 Å². The van der Waals surface area contributed by atoms with Gasteiger partial charge in [0.1, 0.15) is 11.4 Å². The molecule has 0 unspecified atom stereocenters. The molecular weight excluding hydrogens is 317 g/mol. The Bertz CT molecular complexity index is 582. The van der Waals surface area contributed by atoms with Crippen molar-refractivity contribution in [1.29, 1.82) is 0 Å². The monoisotopic (exact) mass is 339 g/mol. The van der Waals surface area contributed by atoms with Gasteiger partial charge in [0, 0.05) is 18.5 Å². The van der Waals surface area contributed by atoms with Crippen LogP contribution in [-0.4, -0.2) is 30.1 Å². The Morgan fingerprint density at radius 2 is 1.71 bits per heavy atom. The second kappa shape index (κ2) is 8.85. The Balaban J connectivity index is 2.19. The van der Waals surface area contributed by atoms with Gasteiger partial charge in [0.2, 0.25) is 5.91 Å². The largest absolute Gasteiger partial charge is 0.444 e. The molecule has 8 heteroatoms. The van der Waals surface area contributed by atoms with E-state index < -0.39 is 29.3 Å². The van der Waals surface area contributed by atoms with Gasteiger partial charge in [-0.05, 0) is 51.5 Å². The molecule has 1 aromatic carbocycles. The molecule has 1 aromatic rings. The Morgan fingerprint density at radius 3 is 2.29 bits per heavy atom. The van der Waals surface area contributed by atoms with Crippen LogP contribution in [-0.2, 0) is 9.53 Å². The fraction of sp³-hybridized carbons (Fsp3) is 0.438. The second-order valence-electron chi connectivity index (χ2n) is 6.04. The van der Waals surface area contributed by atoms with E-state index in [1.807, 2.05) is 0 Å². The molecule has 0 aliphatic rings. The van der Waals surface area contributed by atoms with Gasteiger partial charge in [0.15, 0.2) is 0 Å². The van der Waals surface area contributed by atoms with Crippen molar-refractivity contribution in [3.8, 4) is 0 Å². The smallest absolute Gasteiger partial charge is 0.407 e. The van der Waals surface area contributed by atoms with Gasteiger partial charge in [-0.25, -0.2) is 9.18 Å². The number of carbonyl (C=O) groups excluding carboxylic acids is 3. The van der Waals surface area contributed by atoms with Gasteiger partial charge in [-0.2, -0.15) is 0 Å². The fourth-order valence-electron chi connectivity index (χ4n) is 1.62. The summed E-state index contributed by atoms with van der Waals surface area (Å²) in [6, 6.07) is 4.92. The normalized spacial score (nSPS) is 10.7. The van der Waals surface area contributed by atoms with E-state index in [1.165, 1.54) is 12.1 Å². The van der Waals surface area contributed by atoms with Crippen LogP contribution in [0.15, 0.2) is 24.3 Å². The predicted molar refractivity (Wildman–Crippen MR) is 85.5 cm³/mol. The van der Waals surface area contributed by atoms with E-state index in [2.05, 4.69) is 16.2 Å². The third-order valence-electron chi connectivity index (χ3n) is 2.67. The molecular formula is C16H22FN3O4. The lowest BCUT2D eigenvalue weighted by atomic mass is 10.2. The van der Waals surface area contributed by atoms with Crippen LogP contribution in [0.5, 0.6) is 0 Å². The van der Waals surface area contributed by atoms with Crippen molar-refractivity contribution in [3.63, 3.8) is 0 Å². The maximum Gasteiger partial charge on any atom is 0.407 e. The van der Waals surface area contributed by atoms with Crippen molar-refractivity contribution >= 4 is 17.9 Å². The number of amides is 3. The Kier molecular flexibility index (Phi) is 7.16. The molecule has 3 N–H and O–H groups in total. The Morgan fingerprint density at radius 1 is 1.08 bits per heavy atom. The van der Waals surface area contributed by atoms with Crippen molar-refractivity contribution in [2.75, 3.05) is 6.54 Å². The van der Waals surface area contributed by atoms with Crippen molar-refractivity contribution in [3.05, 3.63) is 35.6 Å². The average Bonchev–Trinajstić information content (AvgIpc) is 2.48. The topological polar surface area (TPSA) is 96.5 Å². The van der Waals surface area contributed by atoms with Crippen LogP contribution in [0.4, 0.5) is 9.18 Å². The highest BCUT2D eigenvalue weighted by Gasteiger charge is 2.15. The summed E-state index contributed by atoms with van der Waals surface area (Å²) in [5.74, 6) is -1.40. The quantitative estimate of drug-likeness (QED) is 0.564. The number of ether oxygens (including phenoxy) is 1. The molecule has 0 saturated carbocycles. The number of rotatable bonds is 5. The summed E-state index contributed by atoms with van der Waals surface area (Å²) in [4.78, 5) is 34.6. The lowest BCUT2D eigenvalue weighted by Gasteiger charge is -2.19. The van der Waals surface area contributed by atoms with Gasteiger partial charge in [-0.15, -0.1) is 0 Å². The molecule has 132 valence electrons. The minimum absolute atomic E-state index is 0.111. The molecule has 0 aromatic heterocycles. The molecule has 0 spiro atoms. The van der Waals surface area contributed by atoms with E-state index in [1.54, 1.807) is 20.8 Å². The number of alkyl carbamates (subject to hydrolysis) is 1. The Hall–Kier alpha value is -2.64. The van der Waals surface area contributed by atoms with E-state index in [9.17, 15) is 18.8 Å². The lowest BCUT2D eigenvalue weighted by Crippen LogP contribution is -2.41. The van der Waals surface area contributed by atoms with Crippen molar-refractivity contribution < 1.29 is 23.5 Å². The standard InChI is InChI=1S/C16H22FN3O4/c1-16(2,3)24-15(23)18-10-4-5-13(21)19-20-14(22)11-6-8-12(17)9-7-11/h6-9H,4-5,10H2,1-3H3,(H,18,23)(H,19,21)(H,20,22). The zero-order chi connectivity index (χ0) is 18.2. The first kappa shape index (κ1) is 19.4. The number of carbonyl (C=O) groups is 3. The van der Waals surface area contributed by atoms with Crippen molar-refractivity contribution in [2.45, 2.75) is 39.2 Å². The third-order valence-corrected chi connectivity index (χ3v) is 2.67. The van der Waals surface area contributed by atoms with Gasteiger partial charge in [-0.1, -0.05) is 0 Å². The van der Waals surface area contributed by atoms with Crippen LogP contribution < -0.4 is 16.2 Å². The number of hydrazine groups is 1. The third kappa shape index (κ3) is 8.11. The molecule has 7 nitrogen and oxygen atoms in total. The molecule has 0 aliphatic carbocycles. The van der Waals surface area contributed by atoms with Gasteiger partial charge in [0.25, 0.3) is 5.91 Å². The van der Waals surface area contributed by atoms with Crippen molar-refractivity contribution in [2.24, 2.45) is 0 Å². The number of hydrogen-bond acceptors (Lipinski definition) is 4. The zero-order valence-electron chi connectivity index (χ0n) is 13.9. The van der Waals surface area contributed by atoms with Crippen LogP contribution in [0.25, 0.3) is 0 Å². The van der Waals surface area contributed by atoms with Gasteiger partial charge in [-0.3, -0.25) is 20.4 Å². The van der Waals surface area contributed by atoms with Crippen LogP contribution in [0.3, 0.4) is 0 Å². The second-order valence-corrected chi connectivity index (χ2v) is 6.04. The van der Waals surface area contributed by atoms with Gasteiger partial charge in [0.05, 0.1) is 0 Å². The first-order valence-electron chi connectivity index (χ1n) is 7.49.